The average Bonchev–Trinajstić information content (AvgIpc) is 2.16. The van der Waals surface area contributed by atoms with Crippen LogP contribution in [0.1, 0.15) is 27.2 Å². The Hall–Kier alpha value is -0.135. The molecule has 0 aliphatic rings. The van der Waals surface area contributed by atoms with Crippen molar-refractivity contribution in [2.75, 3.05) is 12.5 Å². The molecule has 0 radical (unpaired) electrons. The molecule has 0 bridgehead atoms. The molecule has 0 N–H and O–H groups in total. The van der Waals surface area contributed by atoms with Crippen LogP contribution < -0.4 is 0 Å². The van der Waals surface area contributed by atoms with Gasteiger partial charge < -0.3 is 4.74 Å². The summed E-state index contributed by atoms with van der Waals surface area (Å²) in [5.41, 5.74) is -0.316. The summed E-state index contributed by atoms with van der Waals surface area (Å²) in [6.45, 7) is 6.48. The summed E-state index contributed by atoms with van der Waals surface area (Å²) >= 11 is 1.14. The predicted molar refractivity (Wildman–Crippen MR) is 60.1 cm³/mol. The number of nitrogens with zero attached hydrogens (tertiary/aromatic N) is 1. The predicted octanol–water partition coefficient (Wildman–Crippen LogP) is 1.82. The molecule has 0 aliphatic heterocycles. The van der Waals surface area contributed by atoms with Gasteiger partial charge in [-0.05, 0) is 28.9 Å². The highest BCUT2D eigenvalue weighted by Crippen LogP contribution is 2.27. The molecule has 2 nitrogen and oxygen atoms in total. The molecule has 0 aromatic carbocycles. The highest BCUT2D eigenvalue weighted by Gasteiger charge is 2.24. The summed E-state index contributed by atoms with van der Waals surface area (Å²) in [5, 5.41) is 8.90. The van der Waals surface area contributed by atoms with Crippen LogP contribution in [0.15, 0.2) is 0 Å². The van der Waals surface area contributed by atoms with Gasteiger partial charge in [-0.25, -0.2) is 0 Å². The molecule has 0 rings (SSSR count). The first-order valence-corrected chi connectivity index (χ1v) is 5.40. The molecule has 0 fully saturated rings. The highest BCUT2D eigenvalue weighted by atomic mass is 32.2. The molecule has 0 aromatic heterocycles. The maximum Gasteiger partial charge on any atom is 0.176 e. The van der Waals surface area contributed by atoms with Crippen molar-refractivity contribution in [2.45, 2.75) is 27.2 Å². The topological polar surface area (TPSA) is 33.0 Å². The number of hydrogen-bond acceptors (Lipinski definition) is 3. The summed E-state index contributed by atoms with van der Waals surface area (Å²) in [6.07, 6.45) is 0.835. The van der Waals surface area contributed by atoms with E-state index in [1.165, 1.54) is 0 Å². The molecule has 0 aromatic rings. The summed E-state index contributed by atoms with van der Waals surface area (Å²) in [4.78, 5) is 0. The van der Waals surface area contributed by atoms with Crippen molar-refractivity contribution in [3.63, 3.8) is 0 Å². The van der Waals surface area contributed by atoms with E-state index in [2.05, 4.69) is 6.07 Å². The van der Waals surface area contributed by atoms with Crippen LogP contribution in [-0.4, -0.2) is 22.3 Å². The van der Waals surface area contributed by atoms with Gasteiger partial charge in [0.1, 0.15) is 0 Å². The van der Waals surface area contributed by atoms with Gasteiger partial charge in [-0.3, -0.25) is 0 Å². The standard InChI is InChI=1S/C9H18BNOS/c1-8(9(2,3)6-11)4-5-12-7-13-10/h8H,4-5,7,10H2,1-3H3/t8-/m0/s1/i10TD. The number of hydrogen-bond donors (Lipinski definition) is 0. The zero-order valence-corrected chi connectivity index (χ0v) is 9.36. The van der Waals surface area contributed by atoms with Gasteiger partial charge >= 0.3 is 0 Å². The summed E-state index contributed by atoms with van der Waals surface area (Å²) in [6, 6.07) is 2.28. The van der Waals surface area contributed by atoms with Crippen LogP contribution in [0.5, 0.6) is 0 Å². The molecular weight excluding hydrogens is 181 g/mol. The Morgan fingerprint density at radius 1 is 1.92 bits per heavy atom. The van der Waals surface area contributed by atoms with Gasteiger partial charge in [0.25, 0.3) is 0 Å². The van der Waals surface area contributed by atoms with Crippen molar-refractivity contribution in [3.05, 3.63) is 0 Å². The van der Waals surface area contributed by atoms with Crippen LogP contribution in [0.4, 0.5) is 0 Å². The molecule has 0 spiro atoms. The smallest absolute Gasteiger partial charge is 0.176 e. The molecule has 0 saturated carbocycles. The second-order valence-electron chi connectivity index (χ2n) is 3.72. The van der Waals surface area contributed by atoms with E-state index in [1.54, 1.807) is 0 Å². The van der Waals surface area contributed by atoms with Crippen LogP contribution >= 0.6 is 11.6 Å². The Bertz CT molecular complexity index is 221. The minimum atomic E-state index is -0.877. The van der Waals surface area contributed by atoms with Gasteiger partial charge in [-0.15, -0.1) is 0 Å². The Morgan fingerprint density at radius 2 is 2.62 bits per heavy atom. The fourth-order valence-corrected chi connectivity index (χ4v) is 1.05. The molecule has 1 atom stereocenters. The lowest BCUT2D eigenvalue weighted by molar-refractivity contribution is 0.146. The largest absolute Gasteiger partial charge is 0.372 e. The van der Waals surface area contributed by atoms with Gasteiger partial charge in [-0.2, -0.15) is 16.9 Å². The molecule has 13 heavy (non-hydrogen) atoms. The van der Waals surface area contributed by atoms with E-state index in [9.17, 15) is 0 Å². The zero-order chi connectivity index (χ0) is 11.9. The Kier molecular flexibility index (Phi) is 4.59. The van der Waals surface area contributed by atoms with E-state index < -0.39 is 7.05 Å². The van der Waals surface area contributed by atoms with Crippen molar-refractivity contribution in [3.8, 4) is 6.07 Å². The van der Waals surface area contributed by atoms with E-state index in [1.807, 2.05) is 20.8 Å². The van der Waals surface area contributed by atoms with Gasteiger partial charge in [-0.1, -0.05) is 6.92 Å². The summed E-state index contributed by atoms with van der Waals surface area (Å²) < 4.78 is 19.1. The fourth-order valence-electron chi connectivity index (χ4n) is 0.838. The summed E-state index contributed by atoms with van der Waals surface area (Å²) in [7, 11) is -0.877. The van der Waals surface area contributed by atoms with E-state index in [0.29, 0.717) is 12.5 Å². The monoisotopic (exact) mass is 202 g/mol. The maximum absolute atomic E-state index is 8.90. The number of rotatable bonds is 7. The fraction of sp³-hybridized carbons (Fsp3) is 0.889. The van der Waals surface area contributed by atoms with E-state index in [4.69, 9.17) is 12.7 Å². The van der Waals surface area contributed by atoms with Crippen molar-refractivity contribution < 1.29 is 4.74 Å². The van der Waals surface area contributed by atoms with E-state index in [-0.39, 0.29) is 11.3 Å². The van der Waals surface area contributed by atoms with Gasteiger partial charge in [0, 0.05) is 6.61 Å². The second kappa shape index (κ2) is 6.34. The molecule has 0 unspecified atom stereocenters. The molecule has 0 aliphatic carbocycles. The van der Waals surface area contributed by atoms with Crippen LogP contribution in [0.25, 0.3) is 0 Å². The van der Waals surface area contributed by atoms with Crippen LogP contribution in [-0.2, 0) is 4.74 Å². The van der Waals surface area contributed by atoms with E-state index in [0.717, 1.165) is 18.0 Å². The zero-order valence-electron chi connectivity index (χ0n) is 10.5. The Labute approximate surface area is 89.1 Å². The maximum atomic E-state index is 8.90. The number of ether oxygens (including phenoxy) is 1. The molecular formula is C9H18BNOS. The van der Waals surface area contributed by atoms with Gasteiger partial charge in [0.05, 0.1) is 17.4 Å². The lowest BCUT2D eigenvalue weighted by atomic mass is 9.80. The van der Waals surface area contributed by atoms with Crippen LogP contribution in [0, 0.1) is 22.7 Å². The molecule has 74 valence electrons. The van der Waals surface area contributed by atoms with Crippen molar-refractivity contribution in [1.29, 1.82) is 7.93 Å². The van der Waals surface area contributed by atoms with Crippen LogP contribution in [0.2, 0.25) is 0 Å². The SMILES string of the molecule is [2H]B([3H])SCOCC[C@H](C)C(C)(C)C#N. The van der Waals surface area contributed by atoms with Gasteiger partial charge in [0.2, 0.25) is 0 Å². The Morgan fingerprint density at radius 3 is 3.15 bits per heavy atom. The first-order valence-electron chi connectivity index (χ1n) is 5.50. The number of nitriles is 1. The normalized spacial score (nSPS) is 15.5. The molecule has 0 heterocycles. The van der Waals surface area contributed by atoms with Crippen molar-refractivity contribution in [1.82, 2.24) is 0 Å². The lowest BCUT2D eigenvalue weighted by Gasteiger charge is -2.23. The third-order valence-corrected chi connectivity index (χ3v) is 2.67. The summed E-state index contributed by atoms with van der Waals surface area (Å²) in [5.74, 6) is 0.674. The van der Waals surface area contributed by atoms with Crippen molar-refractivity contribution in [2.24, 2.45) is 11.3 Å². The third-order valence-electron chi connectivity index (χ3n) is 2.37. The third kappa shape index (κ3) is 5.23. The minimum Gasteiger partial charge on any atom is -0.372 e. The van der Waals surface area contributed by atoms with Crippen molar-refractivity contribution >= 4 is 18.7 Å². The Balaban J connectivity index is 3.57. The lowest BCUT2D eigenvalue weighted by Crippen LogP contribution is -2.20. The average molecular weight is 202 g/mol. The minimum absolute atomic E-state index is 0.287. The first kappa shape index (κ1) is 9.42. The first-order chi connectivity index (χ1) is 6.90. The highest BCUT2D eigenvalue weighted by molar-refractivity contribution is 8.19. The molecule has 0 amide bonds. The quantitative estimate of drug-likeness (QED) is 0.358. The molecule has 0 saturated heterocycles. The second-order valence-corrected chi connectivity index (χ2v) is 4.29. The van der Waals surface area contributed by atoms with Crippen LogP contribution in [0.3, 0.4) is 0 Å². The molecule has 4 heteroatoms. The van der Waals surface area contributed by atoms with Gasteiger partial charge in [0.15, 0.2) is 7.05 Å². The van der Waals surface area contributed by atoms with E-state index >= 15 is 0 Å².